The van der Waals surface area contributed by atoms with Gasteiger partial charge in [0.2, 0.25) is 0 Å². The largest absolute Gasteiger partial charge is 2.00 e. The van der Waals surface area contributed by atoms with Gasteiger partial charge in [0.05, 0.1) is 41.6 Å². The maximum absolute atomic E-state index is 12.4. The second-order valence-corrected chi connectivity index (χ2v) is 15.2. The minimum atomic E-state index is -4.77. The van der Waals surface area contributed by atoms with E-state index in [0.717, 1.165) is 33.6 Å². The number of hydrogen-bond donors (Lipinski definition) is 1. The number of rotatable bonds is 23. The number of alkyl halides is 3. The molecule has 71 heavy (non-hydrogen) atoms. The van der Waals surface area contributed by atoms with Crippen molar-refractivity contribution in [3.05, 3.63) is 189 Å². The van der Waals surface area contributed by atoms with Crippen LogP contribution in [0.4, 0.5) is 13.2 Å². The Morgan fingerprint density at radius 1 is 0.690 bits per heavy atom. The van der Waals surface area contributed by atoms with E-state index in [4.69, 9.17) is 21.5 Å². The molecule has 5 aromatic rings. The van der Waals surface area contributed by atoms with Gasteiger partial charge in [-0.05, 0) is 126 Å². The molecule has 0 aliphatic rings. The van der Waals surface area contributed by atoms with Gasteiger partial charge in [0.25, 0.3) is 19.4 Å². The van der Waals surface area contributed by atoms with E-state index >= 15 is 0 Å². The van der Waals surface area contributed by atoms with Crippen molar-refractivity contribution in [3.63, 3.8) is 0 Å². The molecule has 0 aliphatic heterocycles. The first kappa shape index (κ1) is 59.4. The zero-order chi connectivity index (χ0) is 50.8. The van der Waals surface area contributed by atoms with Gasteiger partial charge in [0.1, 0.15) is 5.71 Å². The first-order valence-corrected chi connectivity index (χ1v) is 22.2. The van der Waals surface area contributed by atoms with E-state index in [1.807, 2.05) is 66.8 Å². The van der Waals surface area contributed by atoms with Gasteiger partial charge < -0.3 is 25.4 Å². The van der Waals surface area contributed by atoms with Crippen LogP contribution in [0.3, 0.4) is 0 Å². The molecular weight excluding hydrogens is 1040 g/mol. The fourth-order valence-corrected chi connectivity index (χ4v) is 6.64. The Hall–Kier alpha value is -7.69. The van der Waals surface area contributed by atoms with Crippen molar-refractivity contribution in [2.45, 2.75) is 45.2 Å². The standard InChI is InChI=1S/C30H23N3O6.C21H23F3N3S.CNS.Ru/c34-21-37-14-4-1-7-24-10-12-31-27(17-24)29-19-26(9-3-6-16-39-23-36)20-30(33-29)28-18-25(11-13-32-28)8-2-5-15-38-22-35;1-2-3-4-5-6-16-9-10-17(28-16)8-7-15-11-12-27-19(13-15)18(25)14-20(26)21(22,23)24;2-1-3;/h1-23H;7-14,25-26H,2-6H2,1H3;;/q;2*-1;+2/b7-1+,8-2+,9-3+,14-4+,15-5+,16-6+;8-7+,18-14-,26-20?;;. The molecular formula is C52H46F3N7O6RuS2. The summed E-state index contributed by atoms with van der Waals surface area (Å²) in [4.78, 5) is 51.0. The number of pyridine rings is 4. The van der Waals surface area contributed by atoms with Gasteiger partial charge in [0.15, 0.2) is 0 Å². The number of aromatic nitrogens is 4. The van der Waals surface area contributed by atoms with Crippen molar-refractivity contribution in [1.29, 1.82) is 5.41 Å². The van der Waals surface area contributed by atoms with E-state index < -0.39 is 17.6 Å². The van der Waals surface area contributed by atoms with E-state index in [1.54, 1.807) is 66.3 Å². The summed E-state index contributed by atoms with van der Waals surface area (Å²) in [5.74, 6) is 0. The number of hydrogen-bond acceptors (Lipinski definition) is 13. The van der Waals surface area contributed by atoms with Gasteiger partial charge in [-0.15, -0.1) is 17.0 Å². The number of carbonyl (C=O) groups is 3. The third-order valence-corrected chi connectivity index (χ3v) is 9.94. The molecule has 0 unspecified atom stereocenters. The number of nitrogens with one attached hydrogen (secondary N) is 2. The number of isothiocyanates is 1. The molecule has 366 valence electrons. The molecule has 0 bridgehead atoms. The van der Waals surface area contributed by atoms with Crippen LogP contribution in [0.15, 0.2) is 141 Å². The van der Waals surface area contributed by atoms with Crippen LogP contribution in [0.25, 0.3) is 70.0 Å². The number of thiocarbonyl (C=S) groups is 1. The zero-order valence-corrected chi connectivity index (χ0v) is 41.3. The fourth-order valence-electron chi connectivity index (χ4n) is 5.68. The molecule has 5 aromatic heterocycles. The Morgan fingerprint density at radius 3 is 1.66 bits per heavy atom. The van der Waals surface area contributed by atoms with Crippen LogP contribution in [0.1, 0.15) is 70.3 Å². The second kappa shape index (κ2) is 34.6. The molecule has 0 atom stereocenters. The molecule has 13 nitrogen and oxygen atoms in total. The van der Waals surface area contributed by atoms with E-state index in [1.165, 1.54) is 66.8 Å². The molecule has 19 heteroatoms. The number of aryl methyl sites for hydroxylation is 1. The predicted molar refractivity (Wildman–Crippen MR) is 274 cm³/mol. The van der Waals surface area contributed by atoms with Crippen LogP contribution < -0.4 is 0 Å². The first-order valence-electron chi connectivity index (χ1n) is 21.0. The summed E-state index contributed by atoms with van der Waals surface area (Å²) in [6.45, 7) is 3.21. The topological polar surface area (TPSA) is 200 Å². The number of allylic oxidation sites excluding steroid dienone is 7. The number of carbonyl (C=O) groups excluding carboxylic acids is 3. The van der Waals surface area contributed by atoms with Gasteiger partial charge in [-0.25, -0.2) is 4.98 Å². The molecule has 0 aromatic carbocycles. The number of thiophene rings is 1. The quantitative estimate of drug-likeness (QED) is 0.00953. The van der Waals surface area contributed by atoms with Gasteiger partial charge >= 0.3 is 25.7 Å². The monoisotopic (exact) mass is 1090 g/mol. The molecule has 2 N–H and O–H groups in total. The Bertz CT molecular complexity index is 2690. The number of nitrogens with zero attached hydrogens (tertiary/aromatic N) is 5. The van der Waals surface area contributed by atoms with E-state index in [0.29, 0.717) is 48.3 Å². The zero-order valence-electron chi connectivity index (χ0n) is 37.9. The van der Waals surface area contributed by atoms with Crippen LogP contribution in [0.5, 0.6) is 0 Å². The molecule has 0 amide bonds. The predicted octanol–water partition coefficient (Wildman–Crippen LogP) is 13.4. The smallest absolute Gasteiger partial charge is 0.753 e. The van der Waals surface area contributed by atoms with Gasteiger partial charge in [0, 0.05) is 34.0 Å². The Morgan fingerprint density at radius 2 is 1.17 bits per heavy atom. The molecule has 0 fully saturated rings. The van der Waals surface area contributed by atoms with Crippen molar-refractivity contribution in [2.75, 3.05) is 0 Å². The summed E-state index contributed by atoms with van der Waals surface area (Å²) in [6.07, 6.45) is 29.6. The molecule has 0 aliphatic carbocycles. The summed E-state index contributed by atoms with van der Waals surface area (Å²) in [5.41, 5.74) is 11.6. The summed E-state index contributed by atoms with van der Waals surface area (Å²) in [6, 6.07) is 18.6. The van der Waals surface area contributed by atoms with Crippen LogP contribution >= 0.6 is 23.6 Å². The number of ether oxygens (including phenoxy) is 3. The SMILES string of the molecule is CCCCCCc1ccc(/C=C/c2ccnc(/C([NH-])=C/C(=N)C(F)(F)F)c2)s1.O=CO/C=C/C=C/c1ccnc(-c2cc(/C=C/C=C/OC=O)cc(-c3cc(/C=C/C=C/OC=O)ccn3)n2)c1.[N-]=C=S.[Ru+2]. The van der Waals surface area contributed by atoms with Crippen LogP contribution in [-0.4, -0.2) is 56.4 Å². The average Bonchev–Trinajstić information content (AvgIpc) is 3.82. The third-order valence-electron chi connectivity index (χ3n) is 8.83. The van der Waals surface area contributed by atoms with Crippen LogP contribution in [-0.2, 0) is 54.5 Å². The van der Waals surface area contributed by atoms with E-state index in [9.17, 15) is 27.6 Å². The molecule has 5 heterocycles. The van der Waals surface area contributed by atoms with E-state index in [2.05, 4.69) is 60.4 Å². The minimum Gasteiger partial charge on any atom is -0.753 e. The molecule has 0 saturated heterocycles. The van der Waals surface area contributed by atoms with Gasteiger partial charge in [-0.3, -0.25) is 34.7 Å². The Balaban J connectivity index is 0.000000476. The fraction of sp³-hybridized carbons (Fsp3) is 0.135. The van der Waals surface area contributed by atoms with Crippen molar-refractivity contribution >= 4 is 89.9 Å². The van der Waals surface area contributed by atoms with Crippen molar-refractivity contribution < 1.29 is 61.2 Å². The van der Waals surface area contributed by atoms with Crippen LogP contribution in [0, 0.1) is 5.41 Å². The summed E-state index contributed by atoms with van der Waals surface area (Å²) < 4.78 is 51.0. The third kappa shape index (κ3) is 23.9. The van der Waals surface area contributed by atoms with Crippen LogP contribution in [0.2, 0.25) is 0 Å². The molecule has 0 spiro atoms. The Labute approximate surface area is 431 Å². The van der Waals surface area contributed by atoms with Crippen molar-refractivity contribution in [2.24, 2.45) is 0 Å². The Kier molecular flexibility index (Phi) is 28.9. The maximum atomic E-state index is 12.4. The minimum absolute atomic E-state index is 0. The van der Waals surface area contributed by atoms with Gasteiger partial charge in [-0.1, -0.05) is 80.9 Å². The number of unbranched alkanes of at least 4 members (excludes halogenated alkanes) is 3. The first-order chi connectivity index (χ1) is 33.9. The molecule has 5 rings (SSSR count). The molecule has 0 radical (unpaired) electrons. The summed E-state index contributed by atoms with van der Waals surface area (Å²) in [5, 5.41) is 15.4. The second-order valence-electron chi connectivity index (χ2n) is 13.9. The van der Waals surface area contributed by atoms with E-state index in [-0.39, 0.29) is 25.2 Å². The van der Waals surface area contributed by atoms with Crippen molar-refractivity contribution in [1.82, 2.24) is 19.9 Å². The maximum Gasteiger partial charge on any atom is 2.00 e. The summed E-state index contributed by atoms with van der Waals surface area (Å²) >= 11 is 5.43. The average molecular weight is 1090 g/mol. The van der Waals surface area contributed by atoms with Crippen molar-refractivity contribution in [3.8, 4) is 22.8 Å². The molecule has 0 saturated carbocycles. The normalized spacial score (nSPS) is 11.6. The number of halogens is 3. The van der Waals surface area contributed by atoms with Gasteiger partial charge in [-0.2, -0.15) is 18.3 Å². The summed E-state index contributed by atoms with van der Waals surface area (Å²) in [7, 11) is 0.